The maximum absolute atomic E-state index is 15.0. The molecule has 14 heteroatoms. The first-order valence-corrected chi connectivity index (χ1v) is 12.6. The van der Waals surface area contributed by atoms with Gasteiger partial charge in [0, 0.05) is 29.1 Å². The molecule has 3 atom stereocenters. The highest BCUT2D eigenvalue weighted by atomic mass is 31.2. The highest BCUT2D eigenvalue weighted by molar-refractivity contribution is 7.56. The van der Waals surface area contributed by atoms with Crippen LogP contribution in [0.4, 0.5) is 14.9 Å². The van der Waals surface area contributed by atoms with Crippen LogP contribution in [-0.2, 0) is 25.6 Å². The summed E-state index contributed by atoms with van der Waals surface area (Å²) in [5.41, 5.74) is 1.75. The minimum atomic E-state index is -3.62. The number of hydrogen-bond donors (Lipinski definition) is 1. The summed E-state index contributed by atoms with van der Waals surface area (Å²) < 4.78 is 42.2. The fraction of sp³-hybridized carbons (Fsp3) is 0.318. The molecule has 4 heterocycles. The van der Waals surface area contributed by atoms with Gasteiger partial charge in [0.2, 0.25) is 5.82 Å². The van der Waals surface area contributed by atoms with Crippen LogP contribution in [0.15, 0.2) is 48.4 Å². The Bertz CT molecular complexity index is 1350. The van der Waals surface area contributed by atoms with Crippen LogP contribution >= 0.6 is 7.60 Å². The topological polar surface area (TPSA) is 142 Å². The van der Waals surface area contributed by atoms with Crippen molar-refractivity contribution >= 4 is 19.4 Å². The van der Waals surface area contributed by atoms with Crippen LogP contribution in [-0.4, -0.2) is 68.6 Å². The number of aryl methyl sites for hydroxylation is 1. The number of rotatable bonds is 7. The molecule has 3 unspecified atom stereocenters. The quantitative estimate of drug-likeness (QED) is 0.466. The Morgan fingerprint density at radius 1 is 1.28 bits per heavy atom. The molecule has 0 radical (unpaired) electrons. The summed E-state index contributed by atoms with van der Waals surface area (Å²) >= 11 is 0. The van der Waals surface area contributed by atoms with Crippen molar-refractivity contribution in [1.29, 1.82) is 0 Å². The van der Waals surface area contributed by atoms with Gasteiger partial charge in [0.25, 0.3) is 0 Å². The van der Waals surface area contributed by atoms with E-state index in [2.05, 4.69) is 20.4 Å². The predicted molar refractivity (Wildman–Crippen MR) is 124 cm³/mol. The van der Waals surface area contributed by atoms with Gasteiger partial charge in [0.1, 0.15) is 17.6 Å². The number of halogens is 1. The van der Waals surface area contributed by atoms with Gasteiger partial charge in [-0.1, -0.05) is 12.1 Å². The van der Waals surface area contributed by atoms with E-state index in [0.717, 1.165) is 5.82 Å². The fourth-order valence-corrected chi connectivity index (χ4v) is 4.74. The van der Waals surface area contributed by atoms with E-state index in [1.807, 2.05) is 0 Å². The van der Waals surface area contributed by atoms with E-state index in [9.17, 15) is 18.6 Å². The number of ether oxygens (including phenoxy) is 2. The Balaban J connectivity index is 1.19. The van der Waals surface area contributed by atoms with Crippen molar-refractivity contribution in [2.45, 2.75) is 6.10 Å². The van der Waals surface area contributed by atoms with Crippen LogP contribution in [0.1, 0.15) is 0 Å². The van der Waals surface area contributed by atoms with Gasteiger partial charge in [-0.3, -0.25) is 14.4 Å². The van der Waals surface area contributed by atoms with Gasteiger partial charge < -0.3 is 18.9 Å². The van der Waals surface area contributed by atoms with Gasteiger partial charge >= 0.3 is 13.7 Å². The van der Waals surface area contributed by atoms with Crippen molar-refractivity contribution in [2.75, 3.05) is 31.3 Å². The van der Waals surface area contributed by atoms with Gasteiger partial charge in [0.05, 0.1) is 39.1 Å². The number of anilines is 1. The zero-order valence-corrected chi connectivity index (χ0v) is 20.0. The second-order valence-electron chi connectivity index (χ2n) is 8.31. The van der Waals surface area contributed by atoms with Crippen molar-refractivity contribution < 1.29 is 32.6 Å². The van der Waals surface area contributed by atoms with Gasteiger partial charge in [-0.05, 0) is 29.5 Å². The van der Waals surface area contributed by atoms with Crippen LogP contribution in [0.3, 0.4) is 0 Å². The monoisotopic (exact) mass is 516 g/mol. The van der Waals surface area contributed by atoms with Gasteiger partial charge in [0.15, 0.2) is 0 Å². The normalized spacial score (nSPS) is 23.8. The van der Waals surface area contributed by atoms with E-state index >= 15 is 0 Å². The van der Waals surface area contributed by atoms with E-state index in [1.54, 1.807) is 37.4 Å². The maximum Gasteiger partial charge on any atom is 0.414 e. The summed E-state index contributed by atoms with van der Waals surface area (Å²) in [4.78, 5) is 28.6. The molecule has 36 heavy (non-hydrogen) atoms. The molecular formula is C22H22FN6O6P. The molecule has 1 N–H and O–H groups in total. The third-order valence-electron chi connectivity index (χ3n) is 5.61. The summed E-state index contributed by atoms with van der Waals surface area (Å²) in [6.45, 7) is 0.639. The first-order chi connectivity index (χ1) is 17.3. The van der Waals surface area contributed by atoms with Gasteiger partial charge in [-0.2, -0.15) is 4.80 Å². The van der Waals surface area contributed by atoms with Crippen LogP contribution in [0.2, 0.25) is 0 Å². The third kappa shape index (κ3) is 5.34. The number of amides is 1. The molecule has 0 spiro atoms. The molecule has 2 aliphatic rings. The molecule has 2 aliphatic heterocycles. The molecule has 1 amide bonds. The molecule has 0 aliphatic carbocycles. The number of carbonyl (C=O) groups excluding carboxylic acids is 1. The van der Waals surface area contributed by atoms with E-state index in [-0.39, 0.29) is 32.3 Å². The third-order valence-corrected chi connectivity index (χ3v) is 6.67. The molecule has 12 nitrogen and oxygen atoms in total. The molecule has 5 rings (SSSR count). The lowest BCUT2D eigenvalue weighted by Crippen LogP contribution is -2.27. The smallest absolute Gasteiger partial charge is 0.414 e. The molecule has 3 aromatic rings. The van der Waals surface area contributed by atoms with Crippen molar-refractivity contribution in [3.05, 3.63) is 54.2 Å². The number of pyridine rings is 1. The lowest BCUT2D eigenvalue weighted by molar-refractivity contribution is 0.0287. The minimum Gasteiger partial charge on any atom is -0.441 e. The number of aromatic nitrogens is 5. The van der Waals surface area contributed by atoms with E-state index in [4.69, 9.17) is 14.0 Å². The van der Waals surface area contributed by atoms with E-state index in [0.29, 0.717) is 28.3 Å². The van der Waals surface area contributed by atoms with Gasteiger partial charge in [-0.25, -0.2) is 9.18 Å². The number of benzene rings is 1. The molecule has 188 valence electrons. The Hall–Kier alpha value is -3.51. The summed E-state index contributed by atoms with van der Waals surface area (Å²) in [5.74, 6) is 0.817. The second-order valence-corrected chi connectivity index (χ2v) is 10.00. The van der Waals surface area contributed by atoms with Crippen LogP contribution in [0.5, 0.6) is 0 Å². The van der Waals surface area contributed by atoms with E-state index < -0.39 is 25.6 Å². The molecular weight excluding hydrogens is 494 g/mol. The van der Waals surface area contributed by atoms with Crippen LogP contribution in [0, 0.1) is 11.7 Å². The number of nitrogens with zero attached hydrogens (tertiary/aromatic N) is 6. The summed E-state index contributed by atoms with van der Waals surface area (Å²) in [6.07, 6.45) is 1.97. The average molecular weight is 516 g/mol. The van der Waals surface area contributed by atoms with Crippen LogP contribution < -0.4 is 4.90 Å². The molecule has 1 saturated heterocycles. The Kier molecular flexibility index (Phi) is 6.63. The van der Waals surface area contributed by atoms with Gasteiger partial charge in [-0.15, -0.1) is 10.2 Å². The number of tetrazole rings is 1. The molecule has 1 aromatic carbocycles. The molecule has 0 saturated carbocycles. The number of carbonyl (C=O) groups is 1. The summed E-state index contributed by atoms with van der Waals surface area (Å²) in [7, 11) is -1.97. The fourth-order valence-electron chi connectivity index (χ4n) is 3.78. The average Bonchev–Trinajstić information content (AvgIpc) is 3.45. The Morgan fingerprint density at radius 3 is 2.81 bits per heavy atom. The molecule has 2 aromatic heterocycles. The van der Waals surface area contributed by atoms with Crippen molar-refractivity contribution in [3.8, 4) is 22.6 Å². The zero-order valence-electron chi connectivity index (χ0n) is 19.1. The van der Waals surface area contributed by atoms with E-state index in [1.165, 1.54) is 22.0 Å². The lowest BCUT2D eigenvalue weighted by Gasteiger charge is -2.20. The van der Waals surface area contributed by atoms with Crippen molar-refractivity contribution in [2.24, 2.45) is 13.0 Å². The predicted octanol–water partition coefficient (Wildman–Crippen LogP) is 2.77. The number of hydrogen-bond acceptors (Lipinski definition) is 9. The van der Waals surface area contributed by atoms with Crippen molar-refractivity contribution in [1.82, 2.24) is 25.2 Å². The van der Waals surface area contributed by atoms with Crippen molar-refractivity contribution in [3.63, 3.8) is 0 Å². The second kappa shape index (κ2) is 9.86. The molecule has 1 fully saturated rings. The highest BCUT2D eigenvalue weighted by Gasteiger charge is 2.33. The zero-order chi connectivity index (χ0) is 25.3. The standard InChI is InChI=1S/C22H22FN6O6P/c1-28-26-21(25-27-28)20-5-2-15(9-24-20)18-4-3-16(8-19(18)23)29-10-17(35-22(29)30)13-33-11-14-6-7-36(31,32)34-12-14/h2-9,14,17H,10-13H2,1H3,(H,31,32). The largest absolute Gasteiger partial charge is 0.441 e. The Morgan fingerprint density at radius 2 is 2.14 bits per heavy atom. The molecule has 0 bridgehead atoms. The van der Waals surface area contributed by atoms with Crippen LogP contribution in [0.25, 0.3) is 22.6 Å². The number of cyclic esters (lactones) is 1. The Labute approximate surface area is 204 Å². The highest BCUT2D eigenvalue weighted by Crippen LogP contribution is 2.46. The summed E-state index contributed by atoms with van der Waals surface area (Å²) in [6, 6.07) is 7.88. The maximum atomic E-state index is 15.0. The lowest BCUT2D eigenvalue weighted by atomic mass is 10.1. The minimum absolute atomic E-state index is 0.0714. The SMILES string of the molecule is Cn1nnc(-c2ccc(-c3ccc(N4CC(COCC5C=CP(=O)(O)OC5)OC4=O)cc3F)cn2)n1. The summed E-state index contributed by atoms with van der Waals surface area (Å²) in [5, 5.41) is 11.8. The first kappa shape index (κ1) is 24.2. The first-order valence-electron chi connectivity index (χ1n) is 11.0.